The van der Waals surface area contributed by atoms with Crippen molar-refractivity contribution in [1.82, 2.24) is 9.88 Å². The summed E-state index contributed by atoms with van der Waals surface area (Å²) in [5, 5.41) is 0.336. The number of pyridine rings is 1. The Bertz CT molecular complexity index is 613. The van der Waals surface area contributed by atoms with Crippen LogP contribution in [0.2, 0.25) is 5.15 Å². The molecule has 0 aliphatic heterocycles. The second-order valence-corrected chi connectivity index (χ2v) is 5.04. The van der Waals surface area contributed by atoms with Gasteiger partial charge in [-0.3, -0.25) is 4.79 Å². The third-order valence-electron chi connectivity index (χ3n) is 3.06. The monoisotopic (exact) mass is 288 g/mol. The highest BCUT2D eigenvalue weighted by atomic mass is 35.5. The number of halogens is 1. The number of benzene rings is 1. The van der Waals surface area contributed by atoms with Crippen LogP contribution >= 0.6 is 11.6 Å². The van der Waals surface area contributed by atoms with Crippen molar-refractivity contribution in [2.45, 2.75) is 20.4 Å². The smallest absolute Gasteiger partial charge is 0.272 e. The van der Waals surface area contributed by atoms with E-state index in [9.17, 15) is 4.79 Å². The molecule has 0 saturated carbocycles. The molecule has 2 rings (SSSR count). The van der Waals surface area contributed by atoms with Gasteiger partial charge in [0.1, 0.15) is 10.8 Å². The number of hydrogen-bond acceptors (Lipinski definition) is 2. The van der Waals surface area contributed by atoms with E-state index in [0.29, 0.717) is 23.9 Å². The van der Waals surface area contributed by atoms with E-state index >= 15 is 0 Å². The Kier molecular flexibility index (Phi) is 4.74. The molecule has 20 heavy (non-hydrogen) atoms. The van der Waals surface area contributed by atoms with Crippen LogP contribution in [0.5, 0.6) is 0 Å². The third-order valence-corrected chi connectivity index (χ3v) is 3.27. The first-order valence-electron chi connectivity index (χ1n) is 6.57. The predicted octanol–water partition coefficient (Wildman–Crippen LogP) is 3.71. The van der Waals surface area contributed by atoms with Crippen molar-refractivity contribution in [3.63, 3.8) is 0 Å². The highest BCUT2D eigenvalue weighted by Gasteiger charge is 2.16. The Morgan fingerprint density at radius 2 is 2.00 bits per heavy atom. The zero-order chi connectivity index (χ0) is 14.5. The molecule has 0 N–H and O–H groups in total. The summed E-state index contributed by atoms with van der Waals surface area (Å²) in [6, 6.07) is 13.2. The summed E-state index contributed by atoms with van der Waals surface area (Å²) in [5.41, 5.74) is 2.68. The fourth-order valence-electron chi connectivity index (χ4n) is 2.05. The zero-order valence-corrected chi connectivity index (χ0v) is 12.4. The van der Waals surface area contributed by atoms with Crippen molar-refractivity contribution in [1.29, 1.82) is 0 Å². The molecule has 4 heteroatoms. The van der Waals surface area contributed by atoms with Crippen molar-refractivity contribution < 1.29 is 4.79 Å². The number of aromatic nitrogens is 1. The van der Waals surface area contributed by atoms with Crippen molar-refractivity contribution >= 4 is 17.5 Å². The van der Waals surface area contributed by atoms with Gasteiger partial charge in [-0.25, -0.2) is 4.98 Å². The van der Waals surface area contributed by atoms with Crippen LogP contribution in [0.4, 0.5) is 0 Å². The van der Waals surface area contributed by atoms with E-state index in [2.05, 4.69) is 11.1 Å². The lowest BCUT2D eigenvalue weighted by molar-refractivity contribution is 0.0746. The molecule has 1 amide bonds. The second-order valence-electron chi connectivity index (χ2n) is 4.65. The van der Waals surface area contributed by atoms with Gasteiger partial charge < -0.3 is 4.90 Å². The van der Waals surface area contributed by atoms with Gasteiger partial charge in [-0.1, -0.05) is 47.5 Å². The molecule has 1 heterocycles. The summed E-state index contributed by atoms with van der Waals surface area (Å²) in [6.07, 6.45) is 0. The van der Waals surface area contributed by atoms with Crippen LogP contribution in [0.15, 0.2) is 42.5 Å². The first kappa shape index (κ1) is 14.5. The Labute approximate surface area is 124 Å². The summed E-state index contributed by atoms with van der Waals surface area (Å²) in [5.74, 6) is -0.100. The first-order valence-corrected chi connectivity index (χ1v) is 6.95. The third kappa shape index (κ3) is 3.58. The van der Waals surface area contributed by atoms with Crippen LogP contribution in [0.25, 0.3) is 0 Å². The van der Waals surface area contributed by atoms with E-state index in [1.54, 1.807) is 23.1 Å². The molecule has 2 aromatic rings. The molecule has 0 aliphatic carbocycles. The van der Waals surface area contributed by atoms with Gasteiger partial charge in [0.25, 0.3) is 5.91 Å². The van der Waals surface area contributed by atoms with Crippen molar-refractivity contribution in [3.05, 3.63) is 64.4 Å². The Morgan fingerprint density at radius 3 is 2.65 bits per heavy atom. The summed E-state index contributed by atoms with van der Waals surface area (Å²) >= 11 is 5.84. The molecule has 104 valence electrons. The molecule has 1 aromatic heterocycles. The summed E-state index contributed by atoms with van der Waals surface area (Å²) in [6.45, 7) is 5.20. The molecule has 0 radical (unpaired) electrons. The quantitative estimate of drug-likeness (QED) is 0.804. The van der Waals surface area contributed by atoms with Gasteiger partial charge in [0.2, 0.25) is 0 Å². The summed E-state index contributed by atoms with van der Waals surface area (Å²) in [4.78, 5) is 18.3. The average Bonchev–Trinajstić information content (AvgIpc) is 2.44. The standard InChI is InChI=1S/C16H17ClN2O/c1-3-19(11-13-7-4-6-12(2)10-13)16(20)14-8-5-9-15(17)18-14/h4-10H,3,11H2,1-2H3. The molecule has 0 bridgehead atoms. The van der Waals surface area contributed by atoms with Crippen LogP contribution in [0.3, 0.4) is 0 Å². The molecule has 0 spiro atoms. The highest BCUT2D eigenvalue weighted by molar-refractivity contribution is 6.29. The van der Waals surface area contributed by atoms with Gasteiger partial charge in [-0.05, 0) is 31.5 Å². The van der Waals surface area contributed by atoms with Crippen LogP contribution in [-0.4, -0.2) is 22.3 Å². The van der Waals surface area contributed by atoms with E-state index in [1.807, 2.05) is 32.0 Å². The SMILES string of the molecule is CCN(Cc1cccc(C)c1)C(=O)c1cccc(Cl)n1. The maximum atomic E-state index is 12.4. The first-order chi connectivity index (χ1) is 9.60. The molecule has 0 atom stereocenters. The minimum absolute atomic E-state index is 0.100. The number of carbonyl (C=O) groups is 1. The Balaban J connectivity index is 2.18. The van der Waals surface area contributed by atoms with E-state index in [-0.39, 0.29) is 5.91 Å². The number of hydrogen-bond donors (Lipinski definition) is 0. The fourth-order valence-corrected chi connectivity index (χ4v) is 2.21. The number of nitrogens with zero attached hydrogens (tertiary/aromatic N) is 2. The summed E-state index contributed by atoms with van der Waals surface area (Å²) in [7, 11) is 0. The van der Waals surface area contributed by atoms with Crippen LogP contribution in [-0.2, 0) is 6.54 Å². The molecule has 1 aromatic carbocycles. The van der Waals surface area contributed by atoms with Gasteiger partial charge in [-0.2, -0.15) is 0 Å². The van der Waals surface area contributed by atoms with Gasteiger partial charge in [0.15, 0.2) is 0 Å². The summed E-state index contributed by atoms with van der Waals surface area (Å²) < 4.78 is 0. The van der Waals surface area contributed by atoms with Crippen LogP contribution in [0.1, 0.15) is 28.5 Å². The lowest BCUT2D eigenvalue weighted by Gasteiger charge is -2.20. The maximum absolute atomic E-state index is 12.4. The number of carbonyl (C=O) groups excluding carboxylic acids is 1. The molecule has 3 nitrogen and oxygen atoms in total. The Hall–Kier alpha value is -1.87. The van der Waals surface area contributed by atoms with Gasteiger partial charge in [0.05, 0.1) is 0 Å². The van der Waals surface area contributed by atoms with E-state index in [1.165, 1.54) is 5.56 Å². The number of aryl methyl sites for hydroxylation is 1. The molecule has 0 unspecified atom stereocenters. The van der Waals surface area contributed by atoms with Gasteiger partial charge in [-0.15, -0.1) is 0 Å². The fraction of sp³-hybridized carbons (Fsp3) is 0.250. The molecule has 0 saturated heterocycles. The van der Waals surface area contributed by atoms with Crippen molar-refractivity contribution in [2.75, 3.05) is 6.54 Å². The van der Waals surface area contributed by atoms with E-state index in [0.717, 1.165) is 5.56 Å². The topological polar surface area (TPSA) is 33.2 Å². The maximum Gasteiger partial charge on any atom is 0.272 e. The lowest BCUT2D eigenvalue weighted by atomic mass is 10.1. The Morgan fingerprint density at radius 1 is 1.25 bits per heavy atom. The van der Waals surface area contributed by atoms with Crippen molar-refractivity contribution in [2.24, 2.45) is 0 Å². The predicted molar refractivity (Wildman–Crippen MR) is 80.8 cm³/mol. The zero-order valence-electron chi connectivity index (χ0n) is 11.6. The normalized spacial score (nSPS) is 10.3. The largest absolute Gasteiger partial charge is 0.333 e. The van der Waals surface area contributed by atoms with Crippen LogP contribution < -0.4 is 0 Å². The molecule has 0 aliphatic rings. The minimum atomic E-state index is -0.100. The molecular formula is C16H17ClN2O. The number of rotatable bonds is 4. The highest BCUT2D eigenvalue weighted by Crippen LogP contribution is 2.12. The van der Waals surface area contributed by atoms with Gasteiger partial charge in [0, 0.05) is 13.1 Å². The average molecular weight is 289 g/mol. The number of amides is 1. The molecule has 0 fully saturated rings. The van der Waals surface area contributed by atoms with Crippen molar-refractivity contribution in [3.8, 4) is 0 Å². The van der Waals surface area contributed by atoms with E-state index < -0.39 is 0 Å². The molecular weight excluding hydrogens is 272 g/mol. The van der Waals surface area contributed by atoms with Gasteiger partial charge >= 0.3 is 0 Å². The lowest BCUT2D eigenvalue weighted by Crippen LogP contribution is -2.31. The minimum Gasteiger partial charge on any atom is -0.333 e. The van der Waals surface area contributed by atoms with Crippen LogP contribution in [0, 0.1) is 6.92 Å². The second kappa shape index (κ2) is 6.53. The van der Waals surface area contributed by atoms with E-state index in [4.69, 9.17) is 11.6 Å².